The van der Waals surface area contributed by atoms with Crippen LogP contribution in [0.15, 0.2) is 78.5 Å². The molecule has 1 heterocycles. The number of amides is 3. The number of imide groups is 1. The molecule has 1 aliphatic heterocycles. The molecule has 1 saturated heterocycles. The Kier molecular flexibility index (Phi) is 6.26. The largest absolute Gasteiger partial charge is 0.488 e. The van der Waals surface area contributed by atoms with Gasteiger partial charge in [-0.3, -0.25) is 9.69 Å². The molecular formula is C24H18Cl2N2O3. The van der Waals surface area contributed by atoms with Crippen LogP contribution in [0.25, 0.3) is 6.08 Å². The number of ether oxygens (including phenoxy) is 1. The zero-order valence-electron chi connectivity index (χ0n) is 16.3. The van der Waals surface area contributed by atoms with E-state index in [0.29, 0.717) is 21.4 Å². The van der Waals surface area contributed by atoms with Crippen molar-refractivity contribution in [3.8, 4) is 5.75 Å². The second kappa shape index (κ2) is 9.25. The third-order valence-corrected chi connectivity index (χ3v) is 5.35. The first-order chi connectivity index (χ1) is 15.0. The summed E-state index contributed by atoms with van der Waals surface area (Å²) in [5.74, 6) is 0.175. The number of hydrogen-bond acceptors (Lipinski definition) is 3. The van der Waals surface area contributed by atoms with Crippen molar-refractivity contribution >= 4 is 41.2 Å². The summed E-state index contributed by atoms with van der Waals surface area (Å²) in [5.41, 5.74) is 2.52. The summed E-state index contributed by atoms with van der Waals surface area (Å²) in [6, 6.07) is 21.4. The van der Waals surface area contributed by atoms with Crippen LogP contribution in [0.4, 0.5) is 4.79 Å². The molecule has 1 aliphatic rings. The predicted octanol–water partition coefficient (Wildman–Crippen LogP) is 5.67. The topological polar surface area (TPSA) is 58.6 Å². The number of carbonyl (C=O) groups is 2. The average Bonchev–Trinajstić information content (AvgIpc) is 3.02. The van der Waals surface area contributed by atoms with Crippen LogP contribution in [-0.4, -0.2) is 16.8 Å². The molecule has 0 aromatic heterocycles. The molecule has 3 aromatic rings. The van der Waals surface area contributed by atoms with Crippen molar-refractivity contribution in [3.63, 3.8) is 0 Å². The lowest BCUT2D eigenvalue weighted by Crippen LogP contribution is -2.30. The zero-order valence-corrected chi connectivity index (χ0v) is 17.9. The minimum Gasteiger partial charge on any atom is -0.488 e. The van der Waals surface area contributed by atoms with E-state index < -0.39 is 6.03 Å². The molecule has 0 spiro atoms. The van der Waals surface area contributed by atoms with E-state index in [-0.39, 0.29) is 24.8 Å². The number of nitrogens with zero attached hydrogens (tertiary/aromatic N) is 1. The highest BCUT2D eigenvalue weighted by atomic mass is 35.5. The number of carbonyl (C=O) groups excluding carboxylic acids is 2. The maximum absolute atomic E-state index is 12.8. The summed E-state index contributed by atoms with van der Waals surface area (Å²) in [6.07, 6.45) is 1.62. The Morgan fingerprint density at radius 3 is 2.45 bits per heavy atom. The van der Waals surface area contributed by atoms with Gasteiger partial charge in [0.2, 0.25) is 0 Å². The number of nitrogens with one attached hydrogen (secondary N) is 1. The zero-order chi connectivity index (χ0) is 21.8. The molecule has 1 N–H and O–H groups in total. The Morgan fingerprint density at radius 1 is 0.935 bits per heavy atom. The molecule has 0 bridgehead atoms. The molecule has 31 heavy (non-hydrogen) atoms. The van der Waals surface area contributed by atoms with Crippen LogP contribution in [0, 0.1) is 0 Å². The average molecular weight is 453 g/mol. The normalized spacial score (nSPS) is 14.8. The fourth-order valence-electron chi connectivity index (χ4n) is 3.16. The third kappa shape index (κ3) is 4.90. The van der Waals surface area contributed by atoms with Crippen LogP contribution in [0.2, 0.25) is 10.0 Å². The molecule has 4 rings (SSSR count). The highest BCUT2D eigenvalue weighted by Gasteiger charge is 2.33. The monoisotopic (exact) mass is 452 g/mol. The van der Waals surface area contributed by atoms with Gasteiger partial charge in [-0.05, 0) is 29.8 Å². The van der Waals surface area contributed by atoms with Gasteiger partial charge in [0, 0.05) is 21.2 Å². The molecular weight excluding hydrogens is 435 g/mol. The molecule has 0 atom stereocenters. The quantitative estimate of drug-likeness (QED) is 0.387. The summed E-state index contributed by atoms with van der Waals surface area (Å²) < 4.78 is 5.93. The Labute approximate surface area is 189 Å². The second-order valence-electron chi connectivity index (χ2n) is 6.93. The van der Waals surface area contributed by atoms with Crippen molar-refractivity contribution in [2.24, 2.45) is 0 Å². The second-order valence-corrected chi connectivity index (χ2v) is 7.77. The Balaban J connectivity index is 1.52. The van der Waals surface area contributed by atoms with Gasteiger partial charge in [0.15, 0.2) is 0 Å². The third-order valence-electron chi connectivity index (χ3n) is 4.76. The van der Waals surface area contributed by atoms with Crippen LogP contribution in [0.5, 0.6) is 5.75 Å². The summed E-state index contributed by atoms with van der Waals surface area (Å²) in [6.45, 7) is 0.437. The van der Waals surface area contributed by atoms with Crippen LogP contribution in [0.1, 0.15) is 16.7 Å². The molecule has 0 unspecified atom stereocenters. The van der Waals surface area contributed by atoms with Gasteiger partial charge >= 0.3 is 6.03 Å². The minimum absolute atomic E-state index is 0.196. The van der Waals surface area contributed by atoms with Crippen LogP contribution in [-0.2, 0) is 17.9 Å². The van der Waals surface area contributed by atoms with E-state index in [1.165, 1.54) is 4.90 Å². The van der Waals surface area contributed by atoms with E-state index in [9.17, 15) is 9.59 Å². The number of urea groups is 1. The maximum atomic E-state index is 12.8. The van der Waals surface area contributed by atoms with Gasteiger partial charge in [-0.1, -0.05) is 77.8 Å². The van der Waals surface area contributed by atoms with Crippen molar-refractivity contribution < 1.29 is 14.3 Å². The summed E-state index contributed by atoms with van der Waals surface area (Å²) in [7, 11) is 0. The fourth-order valence-corrected chi connectivity index (χ4v) is 3.63. The van der Waals surface area contributed by atoms with Gasteiger partial charge in [0.05, 0.1) is 6.54 Å². The van der Waals surface area contributed by atoms with Crippen LogP contribution < -0.4 is 10.1 Å². The molecule has 156 valence electrons. The van der Waals surface area contributed by atoms with Gasteiger partial charge in [-0.2, -0.15) is 0 Å². The molecule has 0 radical (unpaired) electrons. The van der Waals surface area contributed by atoms with Crippen molar-refractivity contribution in [2.75, 3.05) is 0 Å². The summed E-state index contributed by atoms with van der Waals surface area (Å²) in [5, 5.41) is 3.71. The Morgan fingerprint density at radius 2 is 1.68 bits per heavy atom. The number of halogens is 2. The highest BCUT2D eigenvalue weighted by molar-refractivity contribution is 6.35. The fraction of sp³-hybridized carbons (Fsp3) is 0.0833. The smallest absolute Gasteiger partial charge is 0.329 e. The van der Waals surface area contributed by atoms with E-state index in [1.54, 1.807) is 30.3 Å². The van der Waals surface area contributed by atoms with Crippen molar-refractivity contribution in [3.05, 3.63) is 105 Å². The van der Waals surface area contributed by atoms with Gasteiger partial charge in [-0.15, -0.1) is 0 Å². The Hall–Kier alpha value is -3.28. The summed E-state index contributed by atoms with van der Waals surface area (Å²) >= 11 is 12.2. The maximum Gasteiger partial charge on any atom is 0.329 e. The first kappa shape index (κ1) is 21.0. The number of benzene rings is 3. The number of hydrogen-bond donors (Lipinski definition) is 1. The number of para-hydroxylation sites is 1. The first-order valence-electron chi connectivity index (χ1n) is 9.55. The van der Waals surface area contributed by atoms with Gasteiger partial charge in [0.25, 0.3) is 5.91 Å². The van der Waals surface area contributed by atoms with Crippen molar-refractivity contribution in [2.45, 2.75) is 13.2 Å². The SMILES string of the molecule is O=C1N/C(=C/c2ccccc2OCc2ccc(Cl)cc2Cl)C(=O)N1Cc1ccccc1. The standard InChI is InChI=1S/C24H18Cl2N2O3/c25-19-11-10-18(20(26)13-19)15-31-22-9-5-4-8-17(22)12-21-23(29)28(24(30)27-21)14-16-6-2-1-3-7-16/h1-13H,14-15H2,(H,27,30)/b21-12+. The van der Waals surface area contributed by atoms with E-state index in [2.05, 4.69) is 5.32 Å². The van der Waals surface area contributed by atoms with Crippen molar-refractivity contribution in [1.29, 1.82) is 0 Å². The lowest BCUT2D eigenvalue weighted by molar-refractivity contribution is -0.123. The molecule has 0 saturated carbocycles. The lowest BCUT2D eigenvalue weighted by atomic mass is 10.1. The van der Waals surface area contributed by atoms with Crippen LogP contribution >= 0.6 is 23.2 Å². The van der Waals surface area contributed by atoms with E-state index in [4.69, 9.17) is 27.9 Å². The van der Waals surface area contributed by atoms with Gasteiger partial charge in [-0.25, -0.2) is 4.79 Å². The first-order valence-corrected chi connectivity index (χ1v) is 10.3. The summed E-state index contributed by atoms with van der Waals surface area (Å²) in [4.78, 5) is 26.3. The Bertz CT molecular complexity index is 1160. The minimum atomic E-state index is -0.452. The van der Waals surface area contributed by atoms with Crippen LogP contribution in [0.3, 0.4) is 0 Å². The number of rotatable bonds is 6. The van der Waals surface area contributed by atoms with Crippen molar-refractivity contribution in [1.82, 2.24) is 10.2 Å². The van der Waals surface area contributed by atoms with E-state index in [0.717, 1.165) is 11.1 Å². The molecule has 5 nitrogen and oxygen atoms in total. The van der Waals surface area contributed by atoms with Gasteiger partial charge in [0.1, 0.15) is 18.1 Å². The molecule has 0 aliphatic carbocycles. The lowest BCUT2D eigenvalue weighted by Gasteiger charge is -2.12. The molecule has 3 amide bonds. The molecule has 7 heteroatoms. The highest BCUT2D eigenvalue weighted by Crippen LogP contribution is 2.26. The van der Waals surface area contributed by atoms with E-state index >= 15 is 0 Å². The molecule has 1 fully saturated rings. The van der Waals surface area contributed by atoms with E-state index in [1.807, 2.05) is 48.5 Å². The van der Waals surface area contributed by atoms with Gasteiger partial charge < -0.3 is 10.1 Å². The molecule has 3 aromatic carbocycles. The predicted molar refractivity (Wildman–Crippen MR) is 121 cm³/mol.